The number of non-ortho nitro benzene ring substituents is 1. The van der Waals surface area contributed by atoms with E-state index in [-0.39, 0.29) is 17.8 Å². The van der Waals surface area contributed by atoms with Crippen LogP contribution in [0.1, 0.15) is 40.0 Å². The van der Waals surface area contributed by atoms with Crippen molar-refractivity contribution >= 4 is 34.6 Å². The summed E-state index contributed by atoms with van der Waals surface area (Å²) in [4.78, 5) is 29.0. The molecule has 3 rings (SSSR count). The zero-order chi connectivity index (χ0) is 19.6. The van der Waals surface area contributed by atoms with Gasteiger partial charge in [0.25, 0.3) is 10.9 Å². The van der Waals surface area contributed by atoms with Gasteiger partial charge in [-0.2, -0.15) is 0 Å². The molecule has 0 N–H and O–H groups in total. The van der Waals surface area contributed by atoms with Crippen LogP contribution in [0.15, 0.2) is 27.8 Å². The molecule has 0 aliphatic carbocycles. The third-order valence-electron chi connectivity index (χ3n) is 4.22. The Hall–Kier alpha value is -2.29. The number of piperidine rings is 1. The number of fused-ring (bicyclic) bond motifs is 1. The van der Waals surface area contributed by atoms with Crippen LogP contribution in [0.25, 0.3) is 11.1 Å². The topological polar surface area (TPSA) is 98.7 Å². The van der Waals surface area contributed by atoms with Crippen molar-refractivity contribution in [3.05, 3.63) is 28.3 Å². The average molecular weight is 393 g/mol. The van der Waals surface area contributed by atoms with E-state index in [0.29, 0.717) is 28.6 Å². The molecule has 0 saturated carbocycles. The molecule has 1 fully saturated rings. The van der Waals surface area contributed by atoms with Gasteiger partial charge in [0, 0.05) is 30.5 Å². The number of benzene rings is 1. The van der Waals surface area contributed by atoms with Crippen LogP contribution >= 0.6 is 11.8 Å². The van der Waals surface area contributed by atoms with Gasteiger partial charge in [-0.3, -0.25) is 10.1 Å². The monoisotopic (exact) mass is 393 g/mol. The number of amides is 1. The van der Waals surface area contributed by atoms with Crippen LogP contribution in [0.5, 0.6) is 0 Å². The minimum atomic E-state index is -0.527. The second-order valence-corrected chi connectivity index (χ2v) is 8.49. The number of aromatic nitrogens is 1. The summed E-state index contributed by atoms with van der Waals surface area (Å²) in [5.74, 6) is 0.633. The summed E-state index contributed by atoms with van der Waals surface area (Å²) in [5, 5.41) is 11.3. The normalized spacial score (nSPS) is 17.9. The molecule has 1 aromatic heterocycles. The van der Waals surface area contributed by atoms with Crippen LogP contribution in [-0.2, 0) is 4.74 Å². The lowest BCUT2D eigenvalue weighted by Crippen LogP contribution is -2.47. The van der Waals surface area contributed by atoms with Crippen molar-refractivity contribution in [3.8, 4) is 0 Å². The lowest BCUT2D eigenvalue weighted by Gasteiger charge is -2.36. The van der Waals surface area contributed by atoms with Crippen molar-refractivity contribution in [2.75, 3.05) is 12.3 Å². The summed E-state index contributed by atoms with van der Waals surface area (Å²) in [6.07, 6.45) is 2.64. The van der Waals surface area contributed by atoms with Crippen LogP contribution in [-0.4, -0.2) is 44.8 Å². The van der Waals surface area contributed by atoms with Crippen molar-refractivity contribution in [3.63, 3.8) is 0 Å². The van der Waals surface area contributed by atoms with Gasteiger partial charge in [0.2, 0.25) is 0 Å². The second kappa shape index (κ2) is 7.75. The predicted octanol–water partition coefficient (Wildman–Crippen LogP) is 4.62. The minimum absolute atomic E-state index is 0.0178. The molecule has 0 spiro atoms. The maximum absolute atomic E-state index is 12.5. The standard InChI is InChI=1S/C18H23N3O5S/c1-18(2,3)26-17(22)20-9-5-4-6-13(20)11-27-16-19-14-10-12(21(23)24)7-8-15(14)25-16/h7-8,10,13H,4-6,9,11H2,1-3H3/t13-/m0/s1. The molecule has 0 unspecified atom stereocenters. The van der Waals surface area contributed by atoms with E-state index < -0.39 is 10.5 Å². The number of ether oxygens (including phenoxy) is 1. The van der Waals surface area contributed by atoms with E-state index in [4.69, 9.17) is 9.15 Å². The molecule has 0 bridgehead atoms. The molecular weight excluding hydrogens is 370 g/mol. The summed E-state index contributed by atoms with van der Waals surface area (Å²) < 4.78 is 11.2. The van der Waals surface area contributed by atoms with Crippen LogP contribution in [0, 0.1) is 10.1 Å². The molecule has 2 aromatic rings. The fraction of sp³-hybridized carbons (Fsp3) is 0.556. The van der Waals surface area contributed by atoms with Crippen molar-refractivity contribution in [1.29, 1.82) is 0 Å². The molecule has 0 radical (unpaired) electrons. The first-order valence-corrected chi connectivity index (χ1v) is 9.89. The largest absolute Gasteiger partial charge is 0.444 e. The molecule has 1 aromatic carbocycles. The highest BCUT2D eigenvalue weighted by Crippen LogP contribution is 2.29. The lowest BCUT2D eigenvalue weighted by molar-refractivity contribution is -0.384. The van der Waals surface area contributed by atoms with Gasteiger partial charge in [-0.15, -0.1) is 0 Å². The Balaban J connectivity index is 1.67. The van der Waals surface area contributed by atoms with Gasteiger partial charge in [0.1, 0.15) is 11.1 Å². The zero-order valence-corrected chi connectivity index (χ0v) is 16.5. The maximum atomic E-state index is 12.5. The fourth-order valence-electron chi connectivity index (χ4n) is 2.97. The summed E-state index contributed by atoms with van der Waals surface area (Å²) in [7, 11) is 0. The number of nitro benzene ring substituents is 1. The quantitative estimate of drug-likeness (QED) is 0.424. The third kappa shape index (κ3) is 4.91. The highest BCUT2D eigenvalue weighted by molar-refractivity contribution is 7.99. The van der Waals surface area contributed by atoms with E-state index in [1.807, 2.05) is 20.8 Å². The molecule has 2 heterocycles. The first-order valence-electron chi connectivity index (χ1n) is 8.90. The summed E-state index contributed by atoms with van der Waals surface area (Å²) in [5.41, 5.74) is 0.423. The molecule has 27 heavy (non-hydrogen) atoms. The number of rotatable bonds is 4. The van der Waals surface area contributed by atoms with E-state index in [0.717, 1.165) is 19.3 Å². The molecule has 1 aliphatic heterocycles. The summed E-state index contributed by atoms with van der Waals surface area (Å²) in [6, 6.07) is 4.39. The highest BCUT2D eigenvalue weighted by atomic mass is 32.2. The first kappa shape index (κ1) is 19.5. The molecule has 8 nitrogen and oxygen atoms in total. The smallest absolute Gasteiger partial charge is 0.410 e. The Kier molecular flexibility index (Phi) is 5.59. The lowest BCUT2D eigenvalue weighted by atomic mass is 10.0. The Morgan fingerprint density at radius 2 is 2.22 bits per heavy atom. The van der Waals surface area contributed by atoms with E-state index >= 15 is 0 Å². The Labute approximate surface area is 161 Å². The van der Waals surface area contributed by atoms with Crippen LogP contribution in [0.2, 0.25) is 0 Å². The number of nitrogens with zero attached hydrogens (tertiary/aromatic N) is 3. The molecular formula is C18H23N3O5S. The van der Waals surface area contributed by atoms with E-state index in [9.17, 15) is 14.9 Å². The number of carbonyl (C=O) groups excluding carboxylic acids is 1. The number of hydrogen-bond acceptors (Lipinski definition) is 7. The molecule has 146 valence electrons. The van der Waals surface area contributed by atoms with Gasteiger partial charge in [0.15, 0.2) is 5.58 Å². The summed E-state index contributed by atoms with van der Waals surface area (Å²) >= 11 is 1.41. The van der Waals surface area contributed by atoms with E-state index in [1.165, 1.54) is 23.9 Å². The Morgan fingerprint density at radius 3 is 2.93 bits per heavy atom. The van der Waals surface area contributed by atoms with Gasteiger partial charge in [0.05, 0.1) is 4.92 Å². The Bertz CT molecular complexity index is 845. The number of nitro groups is 1. The van der Waals surface area contributed by atoms with Crippen molar-refractivity contribution in [2.45, 2.75) is 56.9 Å². The van der Waals surface area contributed by atoms with Crippen molar-refractivity contribution in [2.24, 2.45) is 0 Å². The van der Waals surface area contributed by atoms with Gasteiger partial charge in [-0.25, -0.2) is 9.78 Å². The van der Waals surface area contributed by atoms with Crippen molar-refractivity contribution in [1.82, 2.24) is 9.88 Å². The first-order chi connectivity index (χ1) is 12.7. The number of thioether (sulfide) groups is 1. The van der Waals surface area contributed by atoms with E-state index in [2.05, 4.69) is 4.98 Å². The van der Waals surface area contributed by atoms with Gasteiger partial charge >= 0.3 is 6.09 Å². The SMILES string of the molecule is CC(C)(C)OC(=O)N1CCCC[C@H]1CSc1nc2cc([N+](=O)[O-])ccc2o1. The molecule has 1 amide bonds. The fourth-order valence-corrected chi connectivity index (χ4v) is 3.97. The molecule has 1 saturated heterocycles. The molecule has 9 heteroatoms. The van der Waals surface area contributed by atoms with Crippen LogP contribution < -0.4 is 0 Å². The third-order valence-corrected chi connectivity index (χ3v) is 5.19. The highest BCUT2D eigenvalue weighted by Gasteiger charge is 2.30. The van der Waals surface area contributed by atoms with E-state index in [1.54, 1.807) is 11.0 Å². The Morgan fingerprint density at radius 1 is 1.44 bits per heavy atom. The minimum Gasteiger partial charge on any atom is -0.444 e. The number of carbonyl (C=O) groups is 1. The number of likely N-dealkylation sites (tertiary alicyclic amines) is 1. The van der Waals surface area contributed by atoms with Crippen molar-refractivity contribution < 1.29 is 18.9 Å². The number of oxazole rings is 1. The predicted molar refractivity (Wildman–Crippen MR) is 102 cm³/mol. The van der Waals surface area contributed by atoms with Crippen LogP contribution in [0.3, 0.4) is 0 Å². The second-order valence-electron chi connectivity index (χ2n) is 7.52. The summed E-state index contributed by atoms with van der Waals surface area (Å²) in [6.45, 7) is 6.25. The van der Waals surface area contributed by atoms with Gasteiger partial charge < -0.3 is 14.1 Å². The average Bonchev–Trinajstić information content (AvgIpc) is 3.00. The maximum Gasteiger partial charge on any atom is 0.410 e. The number of hydrogen-bond donors (Lipinski definition) is 0. The molecule has 1 atom stereocenters. The molecule has 1 aliphatic rings. The van der Waals surface area contributed by atoms with Gasteiger partial charge in [-0.1, -0.05) is 11.8 Å². The van der Waals surface area contributed by atoms with Gasteiger partial charge in [-0.05, 0) is 46.1 Å². The van der Waals surface area contributed by atoms with Crippen LogP contribution in [0.4, 0.5) is 10.5 Å². The zero-order valence-electron chi connectivity index (χ0n) is 15.6.